The molecule has 86 valence electrons. The molecule has 1 fully saturated rings. The molecule has 0 aromatic rings. The van der Waals surface area contributed by atoms with Gasteiger partial charge in [0.05, 0.1) is 13.2 Å². The number of hydrogen-bond donors (Lipinski definition) is 1. The first kappa shape index (κ1) is 14.5. The van der Waals surface area contributed by atoms with Crippen LogP contribution >= 0.6 is 24.2 Å². The summed E-state index contributed by atoms with van der Waals surface area (Å²) in [5.41, 5.74) is 5.33. The van der Waals surface area contributed by atoms with Crippen LogP contribution in [0, 0.1) is 0 Å². The highest BCUT2D eigenvalue weighted by molar-refractivity contribution is 7.99. The Hall–Kier alpha value is 0.520. The minimum absolute atomic E-state index is 0. The highest BCUT2D eigenvalue weighted by Gasteiger charge is 2.15. The van der Waals surface area contributed by atoms with Gasteiger partial charge in [-0.3, -0.25) is 4.90 Å². The van der Waals surface area contributed by atoms with Crippen molar-refractivity contribution in [3.05, 3.63) is 0 Å². The van der Waals surface area contributed by atoms with Gasteiger partial charge >= 0.3 is 0 Å². The second-order valence-electron chi connectivity index (χ2n) is 3.38. The quantitative estimate of drug-likeness (QED) is 0.723. The molecule has 5 heteroatoms. The van der Waals surface area contributed by atoms with E-state index < -0.39 is 0 Å². The lowest BCUT2D eigenvalue weighted by Crippen LogP contribution is -2.38. The van der Waals surface area contributed by atoms with Crippen molar-refractivity contribution in [1.29, 1.82) is 0 Å². The van der Waals surface area contributed by atoms with Crippen molar-refractivity contribution in [2.45, 2.75) is 12.2 Å². The van der Waals surface area contributed by atoms with Crippen LogP contribution in [0.3, 0.4) is 0 Å². The maximum absolute atomic E-state index is 5.35. The van der Waals surface area contributed by atoms with Crippen molar-refractivity contribution >= 4 is 24.2 Å². The lowest BCUT2D eigenvalue weighted by Gasteiger charge is -2.30. The lowest BCUT2D eigenvalue weighted by molar-refractivity contribution is 0.111. The van der Waals surface area contributed by atoms with Crippen LogP contribution in [0.2, 0.25) is 0 Å². The molecule has 0 aromatic heterocycles. The van der Waals surface area contributed by atoms with Crippen LogP contribution in [0.25, 0.3) is 0 Å². The van der Waals surface area contributed by atoms with E-state index in [0.29, 0.717) is 13.2 Å². The molecule has 1 unspecified atom stereocenters. The zero-order chi connectivity index (χ0) is 9.52. The predicted molar refractivity (Wildman–Crippen MR) is 65.5 cm³/mol. The summed E-state index contributed by atoms with van der Waals surface area (Å²) in [6.07, 6.45) is 0. The predicted octanol–water partition coefficient (Wildman–Crippen LogP) is 0.821. The first-order valence-corrected chi connectivity index (χ1v) is 5.99. The van der Waals surface area contributed by atoms with E-state index in [1.807, 2.05) is 0 Å². The number of hydrogen-bond acceptors (Lipinski definition) is 4. The second kappa shape index (κ2) is 8.80. The van der Waals surface area contributed by atoms with Gasteiger partial charge in [0.25, 0.3) is 0 Å². The summed E-state index contributed by atoms with van der Waals surface area (Å²) in [5.74, 6) is 1.26. The highest BCUT2D eigenvalue weighted by atomic mass is 35.5. The van der Waals surface area contributed by atoms with Gasteiger partial charge in [-0.05, 0) is 0 Å². The standard InChI is InChI=1S/C9H20N2OS.ClH/c1-9-8-11(4-7-13-9)3-6-12-5-2-10;/h9H,2-8,10H2,1H3;1H. The fraction of sp³-hybridized carbons (Fsp3) is 1.00. The molecule has 0 aliphatic carbocycles. The summed E-state index contributed by atoms with van der Waals surface area (Å²) in [4.78, 5) is 2.47. The Balaban J connectivity index is 0.00000169. The maximum Gasteiger partial charge on any atom is 0.0594 e. The molecule has 14 heavy (non-hydrogen) atoms. The molecule has 1 aliphatic heterocycles. The Bertz CT molecular complexity index is 140. The van der Waals surface area contributed by atoms with Crippen LogP contribution in [0.15, 0.2) is 0 Å². The molecule has 1 atom stereocenters. The Labute approximate surface area is 97.1 Å². The molecule has 0 amide bonds. The number of nitrogens with two attached hydrogens (primary N) is 1. The van der Waals surface area contributed by atoms with Crippen LogP contribution in [0.1, 0.15) is 6.92 Å². The van der Waals surface area contributed by atoms with E-state index in [9.17, 15) is 0 Å². The minimum atomic E-state index is 0. The molecule has 1 saturated heterocycles. The van der Waals surface area contributed by atoms with Crippen molar-refractivity contribution in [2.75, 3.05) is 45.1 Å². The van der Waals surface area contributed by atoms with Crippen LogP contribution in [-0.4, -0.2) is 55.3 Å². The van der Waals surface area contributed by atoms with Gasteiger partial charge in [-0.15, -0.1) is 12.4 Å². The van der Waals surface area contributed by atoms with Crippen LogP contribution in [0.4, 0.5) is 0 Å². The van der Waals surface area contributed by atoms with E-state index in [1.54, 1.807) is 0 Å². The zero-order valence-electron chi connectivity index (χ0n) is 8.78. The van der Waals surface area contributed by atoms with E-state index in [-0.39, 0.29) is 12.4 Å². The summed E-state index contributed by atoms with van der Waals surface area (Å²) >= 11 is 2.06. The topological polar surface area (TPSA) is 38.5 Å². The van der Waals surface area contributed by atoms with Gasteiger partial charge in [-0.25, -0.2) is 0 Å². The van der Waals surface area contributed by atoms with Crippen LogP contribution < -0.4 is 5.73 Å². The first-order chi connectivity index (χ1) is 6.33. The summed E-state index contributed by atoms with van der Waals surface area (Å²) in [6.45, 7) is 7.92. The van der Waals surface area contributed by atoms with E-state index in [0.717, 1.165) is 18.4 Å². The molecule has 0 spiro atoms. The normalized spacial score (nSPS) is 23.1. The van der Waals surface area contributed by atoms with E-state index in [1.165, 1.54) is 18.8 Å². The fourth-order valence-electron chi connectivity index (χ4n) is 1.47. The number of rotatable bonds is 5. The molecule has 3 nitrogen and oxygen atoms in total. The first-order valence-electron chi connectivity index (χ1n) is 4.94. The highest BCUT2D eigenvalue weighted by Crippen LogP contribution is 2.16. The Morgan fingerprint density at radius 1 is 1.50 bits per heavy atom. The van der Waals surface area contributed by atoms with Crippen LogP contribution in [0.5, 0.6) is 0 Å². The molecular weight excluding hydrogens is 220 g/mol. The summed E-state index contributed by atoms with van der Waals surface area (Å²) in [6, 6.07) is 0. The lowest BCUT2D eigenvalue weighted by atomic mass is 10.4. The molecular formula is C9H21ClN2OS. The van der Waals surface area contributed by atoms with Crippen molar-refractivity contribution in [1.82, 2.24) is 4.90 Å². The SMILES string of the molecule is CC1CN(CCOCCN)CCS1.Cl. The number of ether oxygens (including phenoxy) is 1. The molecule has 0 saturated carbocycles. The molecule has 0 bridgehead atoms. The maximum atomic E-state index is 5.35. The molecule has 0 radical (unpaired) electrons. The second-order valence-corrected chi connectivity index (χ2v) is 4.93. The van der Waals surface area contributed by atoms with E-state index in [4.69, 9.17) is 10.5 Å². The third-order valence-electron chi connectivity index (χ3n) is 2.14. The Morgan fingerprint density at radius 3 is 2.93 bits per heavy atom. The third-order valence-corrected chi connectivity index (χ3v) is 3.28. The number of nitrogens with zero attached hydrogens (tertiary/aromatic N) is 1. The molecule has 1 aliphatic rings. The Morgan fingerprint density at radius 2 is 2.29 bits per heavy atom. The summed E-state index contributed by atoms with van der Waals surface area (Å²) < 4.78 is 5.35. The van der Waals surface area contributed by atoms with Crippen molar-refractivity contribution in [3.8, 4) is 0 Å². The number of halogens is 1. The number of thioether (sulfide) groups is 1. The van der Waals surface area contributed by atoms with Gasteiger partial charge in [0.2, 0.25) is 0 Å². The van der Waals surface area contributed by atoms with Gasteiger partial charge in [-0.2, -0.15) is 11.8 Å². The minimum Gasteiger partial charge on any atom is -0.379 e. The largest absolute Gasteiger partial charge is 0.379 e. The monoisotopic (exact) mass is 240 g/mol. The van der Waals surface area contributed by atoms with Gasteiger partial charge in [0.15, 0.2) is 0 Å². The van der Waals surface area contributed by atoms with Crippen molar-refractivity contribution in [2.24, 2.45) is 5.73 Å². The molecule has 2 N–H and O–H groups in total. The zero-order valence-corrected chi connectivity index (χ0v) is 10.4. The van der Waals surface area contributed by atoms with E-state index in [2.05, 4.69) is 23.6 Å². The summed E-state index contributed by atoms with van der Waals surface area (Å²) in [5, 5.41) is 0.781. The van der Waals surface area contributed by atoms with Gasteiger partial charge in [0.1, 0.15) is 0 Å². The van der Waals surface area contributed by atoms with Gasteiger partial charge in [0, 0.05) is 37.2 Å². The molecule has 1 rings (SSSR count). The Kier molecular flexibility index (Phi) is 9.13. The van der Waals surface area contributed by atoms with Crippen molar-refractivity contribution < 1.29 is 4.74 Å². The van der Waals surface area contributed by atoms with Gasteiger partial charge in [-0.1, -0.05) is 6.92 Å². The average molecular weight is 241 g/mol. The van der Waals surface area contributed by atoms with Gasteiger partial charge < -0.3 is 10.5 Å². The third kappa shape index (κ3) is 6.09. The molecule has 1 heterocycles. The fourth-order valence-corrected chi connectivity index (χ4v) is 2.55. The summed E-state index contributed by atoms with van der Waals surface area (Å²) in [7, 11) is 0. The molecule has 0 aromatic carbocycles. The smallest absolute Gasteiger partial charge is 0.0594 e. The van der Waals surface area contributed by atoms with Crippen LogP contribution in [-0.2, 0) is 4.74 Å². The average Bonchev–Trinajstić information content (AvgIpc) is 2.13. The van der Waals surface area contributed by atoms with Crippen molar-refractivity contribution in [3.63, 3.8) is 0 Å². The van der Waals surface area contributed by atoms with E-state index >= 15 is 0 Å².